The third kappa shape index (κ3) is 3.90. The van der Waals surface area contributed by atoms with E-state index in [2.05, 4.69) is 10.5 Å². The van der Waals surface area contributed by atoms with Gasteiger partial charge in [0.2, 0.25) is 0 Å². The van der Waals surface area contributed by atoms with Crippen LogP contribution in [0.1, 0.15) is 26.3 Å². The van der Waals surface area contributed by atoms with Gasteiger partial charge >= 0.3 is 0 Å². The fourth-order valence-corrected chi connectivity index (χ4v) is 1.70. The monoisotopic (exact) mass is 299 g/mol. The van der Waals surface area contributed by atoms with E-state index < -0.39 is 11.8 Å². The molecular weight excluding hydrogens is 286 g/mol. The number of phenolic OH excluding ortho intramolecular Hbond substituents is 1. The summed E-state index contributed by atoms with van der Waals surface area (Å²) >= 11 is 0. The minimum absolute atomic E-state index is 0.0954. The second kappa shape index (κ2) is 7.00. The van der Waals surface area contributed by atoms with E-state index in [0.717, 1.165) is 0 Å². The topological polar surface area (TPSA) is 111 Å². The summed E-state index contributed by atoms with van der Waals surface area (Å²) in [5.74, 6) is -1.13. The molecule has 112 valence electrons. The van der Waals surface area contributed by atoms with Gasteiger partial charge in [0.1, 0.15) is 5.75 Å². The predicted octanol–water partition coefficient (Wildman–Crippen LogP) is 1.28. The average Bonchev–Trinajstić information content (AvgIpc) is 2.54. The molecule has 0 heterocycles. The lowest BCUT2D eigenvalue weighted by Crippen LogP contribution is -2.21. The van der Waals surface area contributed by atoms with Gasteiger partial charge in [-0.15, -0.1) is 0 Å². The van der Waals surface area contributed by atoms with Gasteiger partial charge in [0.25, 0.3) is 11.8 Å². The molecule has 0 aromatic heterocycles. The van der Waals surface area contributed by atoms with Gasteiger partial charge in [0.05, 0.1) is 6.21 Å². The molecule has 2 rings (SSSR count). The summed E-state index contributed by atoms with van der Waals surface area (Å²) in [7, 11) is 0. The maximum absolute atomic E-state index is 11.9. The van der Waals surface area contributed by atoms with Crippen LogP contribution >= 0.6 is 0 Å². The average molecular weight is 299 g/mol. The highest BCUT2D eigenvalue weighted by atomic mass is 16.5. The van der Waals surface area contributed by atoms with Gasteiger partial charge in [0.15, 0.2) is 0 Å². The van der Waals surface area contributed by atoms with Crippen molar-refractivity contribution in [3.05, 3.63) is 65.2 Å². The van der Waals surface area contributed by atoms with Crippen LogP contribution in [0, 0.1) is 0 Å². The summed E-state index contributed by atoms with van der Waals surface area (Å²) < 4.78 is 0. The number of hydroxylamine groups is 1. The minimum Gasteiger partial charge on any atom is -0.508 e. The first-order valence-corrected chi connectivity index (χ1v) is 6.27. The predicted molar refractivity (Wildman–Crippen MR) is 78.9 cm³/mol. The molecule has 7 heteroatoms. The Bertz CT molecular complexity index is 728. The first-order valence-electron chi connectivity index (χ1n) is 6.27. The molecule has 2 aromatic rings. The molecule has 0 spiro atoms. The molecule has 0 aliphatic carbocycles. The number of rotatable bonds is 4. The lowest BCUT2D eigenvalue weighted by Gasteiger charge is -2.03. The van der Waals surface area contributed by atoms with Gasteiger partial charge in [-0.2, -0.15) is 5.10 Å². The van der Waals surface area contributed by atoms with Crippen molar-refractivity contribution in [3.8, 4) is 5.75 Å². The summed E-state index contributed by atoms with van der Waals surface area (Å²) in [4.78, 5) is 23.2. The van der Waals surface area contributed by atoms with Crippen LogP contribution in [0.5, 0.6) is 5.75 Å². The molecule has 0 fully saturated rings. The summed E-state index contributed by atoms with van der Waals surface area (Å²) in [5.41, 5.74) is 4.78. The third-order valence-electron chi connectivity index (χ3n) is 2.74. The molecule has 22 heavy (non-hydrogen) atoms. The lowest BCUT2D eigenvalue weighted by molar-refractivity contribution is 0.0706. The Morgan fingerprint density at radius 2 is 1.68 bits per heavy atom. The number of nitrogens with zero attached hydrogens (tertiary/aromatic N) is 1. The van der Waals surface area contributed by atoms with Crippen LogP contribution in [0.15, 0.2) is 53.6 Å². The van der Waals surface area contributed by atoms with Crippen LogP contribution in [0.2, 0.25) is 0 Å². The maximum Gasteiger partial charge on any atom is 0.274 e. The molecule has 0 radical (unpaired) electrons. The number of carbonyl (C=O) groups excluding carboxylic acids is 2. The number of amides is 2. The van der Waals surface area contributed by atoms with Gasteiger partial charge < -0.3 is 5.11 Å². The van der Waals surface area contributed by atoms with E-state index in [1.807, 2.05) is 0 Å². The maximum atomic E-state index is 11.9. The molecule has 0 aliphatic heterocycles. The number of hydrogen-bond acceptors (Lipinski definition) is 5. The quantitative estimate of drug-likeness (QED) is 0.387. The number of benzene rings is 2. The van der Waals surface area contributed by atoms with E-state index in [4.69, 9.17) is 5.21 Å². The van der Waals surface area contributed by atoms with Crippen molar-refractivity contribution in [2.24, 2.45) is 5.10 Å². The van der Waals surface area contributed by atoms with E-state index in [-0.39, 0.29) is 16.9 Å². The van der Waals surface area contributed by atoms with E-state index in [1.54, 1.807) is 12.1 Å². The van der Waals surface area contributed by atoms with Crippen molar-refractivity contribution in [2.45, 2.75) is 0 Å². The van der Waals surface area contributed by atoms with Crippen molar-refractivity contribution in [3.63, 3.8) is 0 Å². The number of nitrogens with one attached hydrogen (secondary N) is 2. The Morgan fingerprint density at radius 1 is 1.00 bits per heavy atom. The molecule has 0 atom stereocenters. The molecule has 0 saturated heterocycles. The molecule has 0 saturated carbocycles. The second-order valence-corrected chi connectivity index (χ2v) is 4.32. The van der Waals surface area contributed by atoms with Crippen molar-refractivity contribution in [1.29, 1.82) is 0 Å². The first-order chi connectivity index (χ1) is 10.6. The smallest absolute Gasteiger partial charge is 0.274 e. The van der Waals surface area contributed by atoms with E-state index in [9.17, 15) is 14.7 Å². The first kappa shape index (κ1) is 15.2. The van der Waals surface area contributed by atoms with Crippen LogP contribution < -0.4 is 10.9 Å². The minimum atomic E-state index is -0.710. The normalized spacial score (nSPS) is 10.4. The zero-order valence-electron chi connectivity index (χ0n) is 11.4. The number of phenols is 1. The van der Waals surface area contributed by atoms with Crippen molar-refractivity contribution >= 4 is 18.0 Å². The fraction of sp³-hybridized carbons (Fsp3) is 0. The van der Waals surface area contributed by atoms with Gasteiger partial charge in [-0.05, 0) is 35.9 Å². The Hall–Kier alpha value is -3.19. The van der Waals surface area contributed by atoms with Gasteiger partial charge in [-0.25, -0.2) is 10.9 Å². The van der Waals surface area contributed by atoms with Crippen LogP contribution in [0.4, 0.5) is 0 Å². The van der Waals surface area contributed by atoms with Crippen molar-refractivity contribution < 1.29 is 19.9 Å². The highest BCUT2D eigenvalue weighted by molar-refractivity contribution is 5.99. The van der Waals surface area contributed by atoms with E-state index >= 15 is 0 Å². The van der Waals surface area contributed by atoms with Crippen molar-refractivity contribution in [2.75, 3.05) is 0 Å². The summed E-state index contributed by atoms with van der Waals surface area (Å²) in [5, 5.41) is 21.6. The standard InChI is InChI=1S/C15H13N3O4/c19-13-6-1-3-10(7-13)9-16-17-14(20)11-4-2-5-12(8-11)15(21)18-22/h1-9,19,22H,(H,17,20)(H,18,21)/b16-9+. The molecule has 0 aliphatic rings. The largest absolute Gasteiger partial charge is 0.508 e. The van der Waals surface area contributed by atoms with Crippen molar-refractivity contribution in [1.82, 2.24) is 10.9 Å². The zero-order chi connectivity index (χ0) is 15.9. The van der Waals surface area contributed by atoms with Crippen LogP contribution in [-0.4, -0.2) is 28.3 Å². The summed E-state index contributed by atoms with van der Waals surface area (Å²) in [6, 6.07) is 12.2. The highest BCUT2D eigenvalue weighted by Gasteiger charge is 2.09. The van der Waals surface area contributed by atoms with Crippen LogP contribution in [0.25, 0.3) is 0 Å². The molecule has 0 bridgehead atoms. The Balaban J connectivity index is 2.05. The number of hydrogen-bond donors (Lipinski definition) is 4. The summed E-state index contributed by atoms with van der Waals surface area (Å²) in [6.45, 7) is 0. The number of carbonyl (C=O) groups is 2. The van der Waals surface area contributed by atoms with E-state index in [1.165, 1.54) is 48.1 Å². The zero-order valence-corrected chi connectivity index (χ0v) is 11.4. The van der Waals surface area contributed by atoms with Crippen LogP contribution in [0.3, 0.4) is 0 Å². The number of aromatic hydroxyl groups is 1. The highest BCUT2D eigenvalue weighted by Crippen LogP contribution is 2.09. The Kier molecular flexibility index (Phi) is 4.84. The molecule has 2 aromatic carbocycles. The molecule has 4 N–H and O–H groups in total. The lowest BCUT2D eigenvalue weighted by atomic mass is 10.1. The summed E-state index contributed by atoms with van der Waals surface area (Å²) in [6.07, 6.45) is 1.38. The SMILES string of the molecule is O=C(NO)c1cccc(C(=O)N/N=C/c2cccc(O)c2)c1. The molecule has 2 amide bonds. The Labute approximate surface area is 125 Å². The van der Waals surface area contributed by atoms with E-state index in [0.29, 0.717) is 5.56 Å². The molecule has 0 unspecified atom stereocenters. The second-order valence-electron chi connectivity index (χ2n) is 4.32. The number of hydrazone groups is 1. The van der Waals surface area contributed by atoms with Gasteiger partial charge in [0, 0.05) is 11.1 Å². The molecular formula is C15H13N3O4. The third-order valence-corrected chi connectivity index (χ3v) is 2.74. The molecule has 7 nitrogen and oxygen atoms in total. The van der Waals surface area contributed by atoms with Gasteiger partial charge in [-0.1, -0.05) is 18.2 Å². The fourth-order valence-electron chi connectivity index (χ4n) is 1.70. The Morgan fingerprint density at radius 3 is 2.36 bits per heavy atom. The van der Waals surface area contributed by atoms with Crippen LogP contribution in [-0.2, 0) is 0 Å². The van der Waals surface area contributed by atoms with Gasteiger partial charge in [-0.3, -0.25) is 14.8 Å².